The standard InChI is InChI=1S/C25H31N5O2/c1-19(2)17-30(25(27)29-18-26)22-11-7-9-20(15-22)23(21-10-8-14-28-16-21)12-5-3-4-6-13-24(31)32/h7-12,14-16,19H,3-6,13,17H2,1-2H3,(H2,27,29)(H,31,32)/b23-12+. The number of pyridine rings is 1. The van der Waals surface area contributed by atoms with E-state index in [9.17, 15) is 4.79 Å². The van der Waals surface area contributed by atoms with Gasteiger partial charge in [-0.05, 0) is 54.5 Å². The van der Waals surface area contributed by atoms with Gasteiger partial charge in [-0.1, -0.05) is 44.5 Å². The average molecular weight is 434 g/mol. The Morgan fingerprint density at radius 1 is 1.25 bits per heavy atom. The van der Waals surface area contributed by atoms with Crippen LogP contribution in [0.1, 0.15) is 57.1 Å². The van der Waals surface area contributed by atoms with Crippen LogP contribution in [0.4, 0.5) is 5.69 Å². The number of guanidine groups is 1. The number of anilines is 1. The van der Waals surface area contributed by atoms with E-state index >= 15 is 0 Å². The molecule has 0 saturated carbocycles. The number of unbranched alkanes of at least 4 members (excludes halogenated alkanes) is 3. The molecule has 1 aromatic carbocycles. The van der Waals surface area contributed by atoms with Gasteiger partial charge in [0.15, 0.2) is 0 Å². The van der Waals surface area contributed by atoms with Crippen molar-refractivity contribution in [3.8, 4) is 6.19 Å². The van der Waals surface area contributed by atoms with Crippen molar-refractivity contribution < 1.29 is 9.90 Å². The van der Waals surface area contributed by atoms with Crippen LogP contribution >= 0.6 is 0 Å². The maximum Gasteiger partial charge on any atom is 0.303 e. The highest BCUT2D eigenvalue weighted by Crippen LogP contribution is 2.28. The Morgan fingerprint density at radius 2 is 2.03 bits per heavy atom. The van der Waals surface area contributed by atoms with Crippen LogP contribution < -0.4 is 10.6 Å². The van der Waals surface area contributed by atoms with Crippen molar-refractivity contribution >= 4 is 23.2 Å². The topological polar surface area (TPSA) is 116 Å². The summed E-state index contributed by atoms with van der Waals surface area (Å²) in [5.74, 6) is -0.257. The molecule has 0 spiro atoms. The first-order valence-corrected chi connectivity index (χ1v) is 10.8. The minimum atomic E-state index is -0.751. The van der Waals surface area contributed by atoms with Crippen molar-refractivity contribution in [2.75, 3.05) is 11.4 Å². The number of allylic oxidation sites excluding steroid dienone is 1. The molecule has 1 heterocycles. The molecule has 0 fully saturated rings. The number of carboxylic acids is 1. The molecule has 2 aromatic rings. The summed E-state index contributed by atoms with van der Waals surface area (Å²) in [5.41, 5.74) is 10.0. The zero-order valence-electron chi connectivity index (χ0n) is 18.7. The zero-order valence-corrected chi connectivity index (χ0v) is 18.7. The second-order valence-corrected chi connectivity index (χ2v) is 7.98. The van der Waals surface area contributed by atoms with Crippen molar-refractivity contribution in [1.82, 2.24) is 4.98 Å². The highest BCUT2D eigenvalue weighted by Gasteiger charge is 2.15. The van der Waals surface area contributed by atoms with Crippen LogP contribution in [0.3, 0.4) is 0 Å². The van der Waals surface area contributed by atoms with Crippen molar-refractivity contribution in [2.24, 2.45) is 16.6 Å². The molecule has 32 heavy (non-hydrogen) atoms. The Kier molecular flexibility index (Phi) is 9.92. The normalized spacial score (nSPS) is 11.9. The van der Waals surface area contributed by atoms with E-state index in [0.29, 0.717) is 18.9 Å². The molecule has 0 aliphatic carbocycles. The molecule has 0 aliphatic heterocycles. The number of nitrogens with two attached hydrogens (primary N) is 1. The number of benzene rings is 1. The summed E-state index contributed by atoms with van der Waals surface area (Å²) in [6, 6.07) is 11.9. The van der Waals surface area contributed by atoms with Crippen LogP contribution in [0.15, 0.2) is 59.9 Å². The maximum absolute atomic E-state index is 10.7. The molecule has 0 atom stereocenters. The lowest BCUT2D eigenvalue weighted by Crippen LogP contribution is -2.39. The highest BCUT2D eigenvalue weighted by molar-refractivity contribution is 5.96. The smallest absolute Gasteiger partial charge is 0.303 e. The Labute approximate surface area is 189 Å². The van der Waals surface area contributed by atoms with E-state index in [1.807, 2.05) is 47.5 Å². The fraction of sp³-hybridized carbons (Fsp3) is 0.360. The number of rotatable bonds is 11. The van der Waals surface area contributed by atoms with Crippen molar-refractivity contribution in [3.63, 3.8) is 0 Å². The molecular weight excluding hydrogens is 402 g/mol. The number of nitriles is 1. The van der Waals surface area contributed by atoms with E-state index in [2.05, 4.69) is 29.9 Å². The Hall–Kier alpha value is -3.66. The number of nitrogens with zero attached hydrogens (tertiary/aromatic N) is 4. The third-order valence-electron chi connectivity index (χ3n) is 4.87. The van der Waals surface area contributed by atoms with Gasteiger partial charge in [0.05, 0.1) is 0 Å². The number of aromatic nitrogens is 1. The van der Waals surface area contributed by atoms with Crippen molar-refractivity contribution in [1.29, 1.82) is 5.26 Å². The number of aliphatic imine (C=N–C) groups is 1. The predicted molar refractivity (Wildman–Crippen MR) is 128 cm³/mol. The van der Waals surface area contributed by atoms with Crippen LogP contribution in [0.5, 0.6) is 0 Å². The summed E-state index contributed by atoms with van der Waals surface area (Å²) in [6.45, 7) is 4.81. The molecule has 0 saturated heterocycles. The molecule has 168 valence electrons. The summed E-state index contributed by atoms with van der Waals surface area (Å²) < 4.78 is 0. The fourth-order valence-corrected chi connectivity index (χ4v) is 3.42. The number of aliphatic carboxylic acids is 1. The number of hydrogen-bond donors (Lipinski definition) is 2. The lowest BCUT2D eigenvalue weighted by atomic mass is 9.96. The van der Waals surface area contributed by atoms with Gasteiger partial charge < -0.3 is 15.7 Å². The summed E-state index contributed by atoms with van der Waals surface area (Å²) in [5, 5.41) is 17.7. The van der Waals surface area contributed by atoms with E-state index in [-0.39, 0.29) is 12.4 Å². The summed E-state index contributed by atoms with van der Waals surface area (Å²) in [6.07, 6.45) is 11.0. The minimum absolute atomic E-state index is 0.170. The van der Waals surface area contributed by atoms with Gasteiger partial charge in [-0.2, -0.15) is 5.26 Å². The van der Waals surface area contributed by atoms with Gasteiger partial charge >= 0.3 is 5.97 Å². The van der Waals surface area contributed by atoms with E-state index in [1.54, 1.807) is 12.4 Å². The molecule has 3 N–H and O–H groups in total. The van der Waals surface area contributed by atoms with Crippen molar-refractivity contribution in [3.05, 3.63) is 66.0 Å². The first-order chi connectivity index (χ1) is 15.4. The van der Waals surface area contributed by atoms with Crippen LogP contribution in [0.25, 0.3) is 5.57 Å². The molecular formula is C25H31N5O2. The molecule has 0 bridgehead atoms. The summed E-state index contributed by atoms with van der Waals surface area (Å²) >= 11 is 0. The largest absolute Gasteiger partial charge is 0.481 e. The highest BCUT2D eigenvalue weighted by atomic mass is 16.4. The van der Waals surface area contributed by atoms with Crippen LogP contribution in [0, 0.1) is 17.4 Å². The minimum Gasteiger partial charge on any atom is -0.481 e. The quantitative estimate of drug-likeness (QED) is 0.227. The lowest BCUT2D eigenvalue weighted by Gasteiger charge is -2.25. The first kappa shape index (κ1) is 24.6. The Morgan fingerprint density at radius 3 is 2.69 bits per heavy atom. The Balaban J connectivity index is 2.33. The van der Waals surface area contributed by atoms with E-state index < -0.39 is 5.97 Å². The fourth-order valence-electron chi connectivity index (χ4n) is 3.42. The van der Waals surface area contributed by atoms with Gasteiger partial charge in [-0.3, -0.25) is 9.78 Å². The molecule has 7 heteroatoms. The third-order valence-corrected chi connectivity index (χ3v) is 4.87. The molecule has 0 unspecified atom stereocenters. The molecule has 0 amide bonds. The monoisotopic (exact) mass is 433 g/mol. The SMILES string of the molecule is CC(C)CN(C(N)=NC#N)c1cccc(/C(=C\CCCCCC(=O)O)c2cccnc2)c1. The van der Waals surface area contributed by atoms with Gasteiger partial charge in [0.1, 0.15) is 0 Å². The Bertz CT molecular complexity index is 977. The van der Waals surface area contributed by atoms with Crippen LogP contribution in [-0.2, 0) is 4.79 Å². The molecule has 0 aliphatic rings. The van der Waals surface area contributed by atoms with Gasteiger partial charge in [0, 0.05) is 36.6 Å². The molecule has 2 rings (SSSR count). The van der Waals surface area contributed by atoms with Gasteiger partial charge in [-0.25, -0.2) is 0 Å². The van der Waals surface area contributed by atoms with Gasteiger partial charge in [0.2, 0.25) is 12.2 Å². The number of hydrogen-bond acceptors (Lipinski definition) is 4. The second kappa shape index (κ2) is 12.9. The molecule has 1 aromatic heterocycles. The molecule has 7 nitrogen and oxygen atoms in total. The maximum atomic E-state index is 10.7. The zero-order chi connectivity index (χ0) is 23.3. The molecule has 0 radical (unpaired) electrons. The third kappa shape index (κ3) is 7.88. The van der Waals surface area contributed by atoms with E-state index in [0.717, 1.165) is 41.6 Å². The average Bonchev–Trinajstić information content (AvgIpc) is 2.77. The van der Waals surface area contributed by atoms with E-state index in [1.165, 1.54) is 0 Å². The van der Waals surface area contributed by atoms with Gasteiger partial charge in [0.25, 0.3) is 0 Å². The second-order valence-electron chi connectivity index (χ2n) is 7.98. The predicted octanol–water partition coefficient (Wildman–Crippen LogP) is 4.81. The lowest BCUT2D eigenvalue weighted by molar-refractivity contribution is -0.137. The van der Waals surface area contributed by atoms with E-state index in [4.69, 9.17) is 16.1 Å². The first-order valence-electron chi connectivity index (χ1n) is 10.8. The van der Waals surface area contributed by atoms with Crippen LogP contribution in [-0.4, -0.2) is 28.6 Å². The van der Waals surface area contributed by atoms with Gasteiger partial charge in [-0.15, -0.1) is 4.99 Å². The van der Waals surface area contributed by atoms with Crippen LogP contribution in [0.2, 0.25) is 0 Å². The summed E-state index contributed by atoms with van der Waals surface area (Å²) in [7, 11) is 0. The number of carboxylic acid groups (broad SMARTS) is 1. The summed E-state index contributed by atoms with van der Waals surface area (Å²) in [4.78, 5) is 20.5. The number of carbonyl (C=O) groups is 1. The van der Waals surface area contributed by atoms with Crippen molar-refractivity contribution in [2.45, 2.75) is 46.0 Å².